The van der Waals surface area contributed by atoms with Crippen LogP contribution in [0.3, 0.4) is 0 Å². The van der Waals surface area contributed by atoms with Gasteiger partial charge in [0.15, 0.2) is 0 Å². The molecule has 0 aliphatic carbocycles. The number of nitrogens with zero attached hydrogens (tertiary/aromatic N) is 2. The van der Waals surface area contributed by atoms with Crippen LogP contribution in [0.25, 0.3) is 11.4 Å². The highest BCUT2D eigenvalue weighted by Crippen LogP contribution is 2.21. The van der Waals surface area contributed by atoms with E-state index in [1.54, 1.807) is 6.20 Å². The van der Waals surface area contributed by atoms with Crippen LogP contribution in [0.15, 0.2) is 60.9 Å². The van der Waals surface area contributed by atoms with E-state index in [0.717, 1.165) is 28.2 Å². The van der Waals surface area contributed by atoms with Gasteiger partial charge in [-0.3, -0.25) is 4.79 Å². The molecule has 1 aromatic heterocycles. The molecule has 0 atom stereocenters. The Kier molecular flexibility index (Phi) is 4.90. The van der Waals surface area contributed by atoms with Crippen LogP contribution in [0.4, 0.5) is 5.69 Å². The first-order valence-electron chi connectivity index (χ1n) is 7.81. The van der Waals surface area contributed by atoms with Gasteiger partial charge in [0.1, 0.15) is 10.8 Å². The number of benzene rings is 2. The highest BCUT2D eigenvalue weighted by Gasteiger charge is 2.08. The number of rotatable bonds is 5. The SMILES string of the molecule is CC(=O)Nc1ccc(-c2nccn2Cc2cccc(C(N)=S)c2)cc1. The number of hydrogen-bond acceptors (Lipinski definition) is 3. The maximum Gasteiger partial charge on any atom is 0.221 e. The Hall–Kier alpha value is -2.99. The molecular weight excluding hydrogens is 332 g/mol. The van der Waals surface area contributed by atoms with E-state index in [1.807, 2.05) is 54.7 Å². The van der Waals surface area contributed by atoms with Crippen molar-refractivity contribution in [1.29, 1.82) is 0 Å². The van der Waals surface area contributed by atoms with Crippen LogP contribution in [0, 0.1) is 0 Å². The molecule has 25 heavy (non-hydrogen) atoms. The zero-order valence-corrected chi connectivity index (χ0v) is 14.6. The van der Waals surface area contributed by atoms with Gasteiger partial charge in [0.05, 0.1) is 0 Å². The molecule has 3 aromatic rings. The minimum absolute atomic E-state index is 0.0908. The third-order valence-electron chi connectivity index (χ3n) is 3.74. The minimum Gasteiger partial charge on any atom is -0.389 e. The Balaban J connectivity index is 1.84. The van der Waals surface area contributed by atoms with Gasteiger partial charge in [0.2, 0.25) is 5.91 Å². The topological polar surface area (TPSA) is 72.9 Å². The summed E-state index contributed by atoms with van der Waals surface area (Å²) < 4.78 is 2.06. The zero-order valence-electron chi connectivity index (χ0n) is 13.8. The van der Waals surface area contributed by atoms with Crippen LogP contribution in [-0.4, -0.2) is 20.4 Å². The lowest BCUT2D eigenvalue weighted by atomic mass is 10.1. The molecule has 0 fully saturated rings. The number of anilines is 1. The van der Waals surface area contributed by atoms with Gasteiger partial charge in [0.25, 0.3) is 0 Å². The van der Waals surface area contributed by atoms with E-state index < -0.39 is 0 Å². The predicted octanol–water partition coefficient (Wildman–Crippen LogP) is 3.19. The van der Waals surface area contributed by atoms with E-state index in [0.29, 0.717) is 11.5 Å². The summed E-state index contributed by atoms with van der Waals surface area (Å²) in [5.41, 5.74) is 9.40. The van der Waals surface area contributed by atoms with Crippen molar-refractivity contribution < 1.29 is 4.79 Å². The average Bonchev–Trinajstić information content (AvgIpc) is 3.03. The first kappa shape index (κ1) is 16.9. The lowest BCUT2D eigenvalue weighted by Crippen LogP contribution is -2.10. The molecule has 0 radical (unpaired) electrons. The fourth-order valence-electron chi connectivity index (χ4n) is 2.62. The number of hydrogen-bond donors (Lipinski definition) is 2. The lowest BCUT2D eigenvalue weighted by Gasteiger charge is -2.10. The maximum atomic E-state index is 11.1. The standard InChI is InChI=1S/C19H18N4OS/c1-13(24)22-17-7-5-15(6-8-17)19-21-9-10-23(19)12-14-3-2-4-16(11-14)18(20)25/h2-11H,12H2,1H3,(H2,20,25)(H,22,24). The van der Waals surface area contributed by atoms with Gasteiger partial charge in [-0.1, -0.05) is 30.4 Å². The van der Waals surface area contributed by atoms with E-state index in [1.165, 1.54) is 6.92 Å². The van der Waals surface area contributed by atoms with Crippen molar-refractivity contribution in [1.82, 2.24) is 9.55 Å². The van der Waals surface area contributed by atoms with Gasteiger partial charge in [0, 0.05) is 42.7 Å². The molecule has 3 rings (SSSR count). The summed E-state index contributed by atoms with van der Waals surface area (Å²) in [6, 6.07) is 15.5. The quantitative estimate of drug-likeness (QED) is 0.693. The second kappa shape index (κ2) is 7.27. The van der Waals surface area contributed by atoms with Crippen molar-refractivity contribution in [2.45, 2.75) is 13.5 Å². The minimum atomic E-state index is -0.0908. The fourth-order valence-corrected chi connectivity index (χ4v) is 2.75. The predicted molar refractivity (Wildman–Crippen MR) is 103 cm³/mol. The molecule has 0 bridgehead atoms. The van der Waals surface area contributed by atoms with Crippen LogP contribution >= 0.6 is 12.2 Å². The molecule has 0 unspecified atom stereocenters. The van der Waals surface area contributed by atoms with Gasteiger partial charge >= 0.3 is 0 Å². The van der Waals surface area contributed by atoms with Crippen LogP contribution in [0.2, 0.25) is 0 Å². The summed E-state index contributed by atoms with van der Waals surface area (Å²) >= 11 is 5.04. The molecule has 5 nitrogen and oxygen atoms in total. The zero-order chi connectivity index (χ0) is 17.8. The second-order valence-corrected chi connectivity index (χ2v) is 6.14. The smallest absolute Gasteiger partial charge is 0.221 e. The molecule has 0 aliphatic heterocycles. The Morgan fingerprint density at radius 1 is 1.24 bits per heavy atom. The number of aromatic nitrogens is 2. The van der Waals surface area contributed by atoms with Crippen molar-refractivity contribution in [3.63, 3.8) is 0 Å². The molecular formula is C19H18N4OS. The fraction of sp³-hybridized carbons (Fsp3) is 0.105. The average molecular weight is 350 g/mol. The van der Waals surface area contributed by atoms with E-state index >= 15 is 0 Å². The highest BCUT2D eigenvalue weighted by atomic mass is 32.1. The van der Waals surface area contributed by atoms with E-state index in [9.17, 15) is 4.79 Å². The van der Waals surface area contributed by atoms with E-state index in [-0.39, 0.29) is 5.91 Å². The van der Waals surface area contributed by atoms with Crippen LogP contribution in [0.5, 0.6) is 0 Å². The summed E-state index contributed by atoms with van der Waals surface area (Å²) in [4.78, 5) is 16.0. The monoisotopic (exact) mass is 350 g/mol. The molecule has 0 saturated heterocycles. The number of nitrogens with one attached hydrogen (secondary N) is 1. The highest BCUT2D eigenvalue weighted by molar-refractivity contribution is 7.80. The Labute approximate surface area is 151 Å². The Bertz CT molecular complexity index is 915. The summed E-state index contributed by atoms with van der Waals surface area (Å²) in [5, 5.41) is 2.76. The molecule has 1 heterocycles. The first-order valence-corrected chi connectivity index (χ1v) is 8.21. The Morgan fingerprint density at radius 3 is 2.68 bits per heavy atom. The summed E-state index contributed by atoms with van der Waals surface area (Å²) in [7, 11) is 0. The summed E-state index contributed by atoms with van der Waals surface area (Å²) in [6.45, 7) is 2.15. The van der Waals surface area contributed by atoms with E-state index in [4.69, 9.17) is 18.0 Å². The normalized spacial score (nSPS) is 10.4. The van der Waals surface area contributed by atoms with Crippen molar-refractivity contribution in [3.05, 3.63) is 72.1 Å². The van der Waals surface area contributed by atoms with Gasteiger partial charge in [-0.25, -0.2) is 4.98 Å². The first-order chi connectivity index (χ1) is 12.0. The number of thiocarbonyl (C=S) groups is 1. The largest absolute Gasteiger partial charge is 0.389 e. The van der Waals surface area contributed by atoms with Gasteiger partial charge < -0.3 is 15.6 Å². The van der Waals surface area contributed by atoms with Crippen molar-refractivity contribution in [3.8, 4) is 11.4 Å². The molecule has 126 valence electrons. The number of carbonyl (C=O) groups excluding carboxylic acids is 1. The van der Waals surface area contributed by atoms with Crippen LogP contribution < -0.4 is 11.1 Å². The van der Waals surface area contributed by atoms with Gasteiger partial charge in [-0.2, -0.15) is 0 Å². The number of carbonyl (C=O) groups is 1. The number of nitrogens with two attached hydrogens (primary N) is 1. The van der Waals surface area contributed by atoms with Gasteiger partial charge in [-0.05, 0) is 35.9 Å². The molecule has 0 spiro atoms. The second-order valence-electron chi connectivity index (χ2n) is 5.70. The van der Waals surface area contributed by atoms with Crippen LogP contribution in [-0.2, 0) is 11.3 Å². The molecule has 0 aliphatic rings. The van der Waals surface area contributed by atoms with E-state index in [2.05, 4.69) is 14.9 Å². The molecule has 2 aromatic carbocycles. The third-order valence-corrected chi connectivity index (χ3v) is 3.98. The Morgan fingerprint density at radius 2 is 2.00 bits per heavy atom. The molecule has 1 amide bonds. The van der Waals surface area contributed by atoms with Crippen molar-refractivity contribution in [2.75, 3.05) is 5.32 Å². The summed E-state index contributed by atoms with van der Waals surface area (Å²) in [5.74, 6) is 0.766. The van der Waals surface area contributed by atoms with Crippen molar-refractivity contribution in [2.24, 2.45) is 5.73 Å². The van der Waals surface area contributed by atoms with Crippen LogP contribution in [0.1, 0.15) is 18.1 Å². The molecule has 3 N–H and O–H groups in total. The number of imidazole rings is 1. The maximum absolute atomic E-state index is 11.1. The molecule has 6 heteroatoms. The lowest BCUT2D eigenvalue weighted by molar-refractivity contribution is -0.114. The molecule has 0 saturated carbocycles. The third kappa shape index (κ3) is 4.10. The van der Waals surface area contributed by atoms with Gasteiger partial charge in [-0.15, -0.1) is 0 Å². The summed E-state index contributed by atoms with van der Waals surface area (Å²) in [6.07, 6.45) is 3.71. The van der Waals surface area contributed by atoms with Crippen molar-refractivity contribution >= 4 is 28.8 Å². The number of amides is 1.